The molecule has 6 nitrogen and oxygen atoms in total. The van der Waals surface area contributed by atoms with Crippen molar-refractivity contribution in [2.75, 3.05) is 11.1 Å². The quantitative estimate of drug-likeness (QED) is 0.310. The van der Waals surface area contributed by atoms with E-state index in [0.717, 1.165) is 45.1 Å². The molecule has 34 heavy (non-hydrogen) atoms. The second-order valence-electron chi connectivity index (χ2n) is 7.94. The van der Waals surface area contributed by atoms with E-state index < -0.39 is 17.6 Å². The number of aromatic amines is 1. The molecule has 0 radical (unpaired) electrons. The lowest BCUT2D eigenvalue weighted by atomic mass is 9.98. The van der Waals surface area contributed by atoms with Gasteiger partial charge in [-0.05, 0) is 60.0 Å². The van der Waals surface area contributed by atoms with Gasteiger partial charge in [0, 0.05) is 33.7 Å². The molecule has 0 aliphatic carbocycles. The first kappa shape index (κ1) is 21.4. The number of benzene rings is 3. The summed E-state index contributed by atoms with van der Waals surface area (Å²) in [5, 5.41) is 4.50. The number of H-pyrrole nitrogens is 1. The number of nitrogens with two attached hydrogens (primary N) is 1. The number of alkyl halides is 3. The third kappa shape index (κ3) is 3.92. The van der Waals surface area contributed by atoms with Gasteiger partial charge in [-0.15, -0.1) is 0 Å². The number of hydrogen-bond acceptors (Lipinski definition) is 4. The van der Waals surface area contributed by atoms with Crippen molar-refractivity contribution in [3.05, 3.63) is 83.6 Å². The molecular formula is C25H18F3N5O. The van der Waals surface area contributed by atoms with Gasteiger partial charge in [0.25, 0.3) is 5.91 Å². The molecule has 0 bridgehead atoms. The lowest BCUT2D eigenvalue weighted by Crippen LogP contribution is -2.14. The third-order valence-electron chi connectivity index (χ3n) is 5.63. The topological polar surface area (TPSA) is 96.7 Å². The highest BCUT2D eigenvalue weighted by atomic mass is 19.4. The first-order chi connectivity index (χ1) is 16.2. The van der Waals surface area contributed by atoms with Crippen LogP contribution in [0.2, 0.25) is 0 Å². The molecule has 9 heteroatoms. The van der Waals surface area contributed by atoms with Crippen LogP contribution in [0.1, 0.15) is 21.5 Å². The number of nitrogens with one attached hydrogen (secondary N) is 2. The zero-order valence-corrected chi connectivity index (χ0v) is 17.9. The fourth-order valence-corrected chi connectivity index (χ4v) is 3.92. The minimum absolute atomic E-state index is 0.0724. The largest absolute Gasteiger partial charge is 0.416 e. The van der Waals surface area contributed by atoms with Gasteiger partial charge in [-0.25, -0.2) is 4.98 Å². The van der Waals surface area contributed by atoms with E-state index in [2.05, 4.69) is 20.3 Å². The van der Waals surface area contributed by atoms with Crippen LogP contribution in [0.15, 0.2) is 66.9 Å². The Bertz CT molecular complexity index is 1570. The maximum absolute atomic E-state index is 13.0. The minimum atomic E-state index is -4.52. The summed E-state index contributed by atoms with van der Waals surface area (Å²) >= 11 is 0. The van der Waals surface area contributed by atoms with Gasteiger partial charge in [-0.1, -0.05) is 24.3 Å². The number of nitrogens with zero attached hydrogens (tertiary/aromatic N) is 2. The number of hydrogen-bond donors (Lipinski definition) is 3. The zero-order valence-electron chi connectivity index (χ0n) is 17.9. The van der Waals surface area contributed by atoms with Crippen molar-refractivity contribution in [1.29, 1.82) is 0 Å². The Morgan fingerprint density at radius 2 is 1.85 bits per heavy atom. The van der Waals surface area contributed by atoms with E-state index in [4.69, 9.17) is 5.73 Å². The average Bonchev–Trinajstić information content (AvgIpc) is 3.16. The Labute approximate surface area is 191 Å². The second kappa shape index (κ2) is 7.87. The molecule has 0 aliphatic heterocycles. The number of nitrogen functional groups attached to an aromatic ring is 1. The number of carbonyl (C=O) groups excluding carboxylic acids is 1. The SMILES string of the molecule is Cc1ccc(NC(=O)c2cccc(C(F)(F)F)c2)cc1-c1ccc2c(c1)[nH]c1nc(N)ncc12. The van der Waals surface area contributed by atoms with Crippen LogP contribution in [-0.4, -0.2) is 20.9 Å². The lowest BCUT2D eigenvalue weighted by molar-refractivity contribution is -0.137. The van der Waals surface area contributed by atoms with E-state index in [-0.39, 0.29) is 11.5 Å². The average molecular weight is 461 g/mol. The summed E-state index contributed by atoms with van der Waals surface area (Å²) in [5.41, 5.74) is 9.43. The van der Waals surface area contributed by atoms with Crippen molar-refractivity contribution >= 4 is 39.5 Å². The summed E-state index contributed by atoms with van der Waals surface area (Å²) < 4.78 is 39.0. The van der Waals surface area contributed by atoms with Crippen LogP contribution >= 0.6 is 0 Å². The molecule has 5 aromatic rings. The van der Waals surface area contributed by atoms with E-state index in [1.165, 1.54) is 12.1 Å². The van der Waals surface area contributed by atoms with Crippen LogP contribution in [0.25, 0.3) is 33.1 Å². The highest BCUT2D eigenvalue weighted by Gasteiger charge is 2.30. The van der Waals surface area contributed by atoms with Gasteiger partial charge >= 0.3 is 6.18 Å². The van der Waals surface area contributed by atoms with Crippen LogP contribution in [0, 0.1) is 6.92 Å². The molecule has 3 aromatic carbocycles. The van der Waals surface area contributed by atoms with Crippen molar-refractivity contribution in [3.8, 4) is 11.1 Å². The smallest absolute Gasteiger partial charge is 0.368 e. The van der Waals surface area contributed by atoms with Gasteiger partial charge in [0.15, 0.2) is 0 Å². The fraction of sp³-hybridized carbons (Fsp3) is 0.0800. The monoisotopic (exact) mass is 461 g/mol. The predicted octanol–water partition coefficient (Wildman–Crippen LogP) is 5.94. The van der Waals surface area contributed by atoms with Crippen molar-refractivity contribution in [2.45, 2.75) is 13.1 Å². The van der Waals surface area contributed by atoms with Crippen LogP contribution in [0.5, 0.6) is 0 Å². The number of amides is 1. The predicted molar refractivity (Wildman–Crippen MR) is 125 cm³/mol. The molecule has 4 N–H and O–H groups in total. The van der Waals surface area contributed by atoms with E-state index in [1.807, 2.05) is 31.2 Å². The van der Waals surface area contributed by atoms with Crippen molar-refractivity contribution in [3.63, 3.8) is 0 Å². The highest BCUT2D eigenvalue weighted by molar-refractivity contribution is 6.07. The van der Waals surface area contributed by atoms with E-state index in [1.54, 1.807) is 18.3 Å². The van der Waals surface area contributed by atoms with Gasteiger partial charge in [0.05, 0.1) is 5.56 Å². The number of aromatic nitrogens is 3. The molecular weight excluding hydrogens is 443 g/mol. The molecule has 0 unspecified atom stereocenters. The summed E-state index contributed by atoms with van der Waals surface area (Å²) in [4.78, 5) is 24.1. The highest BCUT2D eigenvalue weighted by Crippen LogP contribution is 2.33. The summed E-state index contributed by atoms with van der Waals surface area (Å²) in [6, 6.07) is 15.6. The molecule has 2 heterocycles. The molecule has 170 valence electrons. The standard InChI is InChI=1S/C25H18F3N5O/c1-13-5-7-17(31-23(34)15-3-2-4-16(9-15)25(26,27)28)11-19(13)14-6-8-18-20-12-30-24(29)33-22(20)32-21(18)10-14/h2-12H,1H3,(H,31,34)(H3,29,30,32,33). The maximum atomic E-state index is 13.0. The molecule has 0 saturated heterocycles. The summed E-state index contributed by atoms with van der Waals surface area (Å²) in [6.45, 7) is 1.94. The Morgan fingerprint density at radius 3 is 2.65 bits per heavy atom. The molecule has 0 fully saturated rings. The van der Waals surface area contributed by atoms with Crippen LogP contribution in [-0.2, 0) is 6.18 Å². The number of carbonyl (C=O) groups is 1. The summed E-state index contributed by atoms with van der Waals surface area (Å²) in [5.74, 6) is -0.442. The summed E-state index contributed by atoms with van der Waals surface area (Å²) in [6.07, 6.45) is -2.85. The number of anilines is 2. The van der Waals surface area contributed by atoms with E-state index >= 15 is 0 Å². The van der Waals surface area contributed by atoms with Gasteiger partial charge in [0.2, 0.25) is 5.95 Å². The van der Waals surface area contributed by atoms with Gasteiger partial charge in [0.1, 0.15) is 5.65 Å². The van der Waals surface area contributed by atoms with Gasteiger partial charge in [-0.2, -0.15) is 18.2 Å². The molecule has 0 aliphatic rings. The zero-order chi connectivity index (χ0) is 24.0. The fourth-order valence-electron chi connectivity index (χ4n) is 3.92. The molecule has 5 rings (SSSR count). The van der Waals surface area contributed by atoms with Crippen LogP contribution < -0.4 is 11.1 Å². The Balaban J connectivity index is 1.48. The van der Waals surface area contributed by atoms with Gasteiger partial charge < -0.3 is 16.0 Å². The first-order valence-corrected chi connectivity index (χ1v) is 10.3. The Morgan fingerprint density at radius 1 is 1.03 bits per heavy atom. The number of rotatable bonds is 3. The number of fused-ring (bicyclic) bond motifs is 3. The lowest BCUT2D eigenvalue weighted by Gasteiger charge is -2.12. The molecule has 0 spiro atoms. The van der Waals surface area contributed by atoms with Crippen LogP contribution in [0.3, 0.4) is 0 Å². The number of halogens is 3. The molecule has 2 aromatic heterocycles. The normalized spacial score (nSPS) is 11.8. The maximum Gasteiger partial charge on any atom is 0.416 e. The molecule has 0 saturated carbocycles. The second-order valence-corrected chi connectivity index (χ2v) is 7.94. The van der Waals surface area contributed by atoms with Crippen molar-refractivity contribution in [1.82, 2.24) is 15.0 Å². The Kier molecular flexibility index (Phi) is 4.97. The van der Waals surface area contributed by atoms with Crippen molar-refractivity contribution < 1.29 is 18.0 Å². The Hall–Kier alpha value is -4.40. The van der Waals surface area contributed by atoms with Gasteiger partial charge in [-0.3, -0.25) is 4.79 Å². The summed E-state index contributed by atoms with van der Waals surface area (Å²) in [7, 11) is 0. The van der Waals surface area contributed by atoms with E-state index in [0.29, 0.717) is 11.3 Å². The first-order valence-electron chi connectivity index (χ1n) is 10.3. The van der Waals surface area contributed by atoms with Crippen molar-refractivity contribution in [2.24, 2.45) is 0 Å². The number of aryl methyl sites for hydroxylation is 1. The van der Waals surface area contributed by atoms with Crippen LogP contribution in [0.4, 0.5) is 24.8 Å². The molecule has 0 atom stereocenters. The van der Waals surface area contributed by atoms with E-state index in [9.17, 15) is 18.0 Å². The third-order valence-corrected chi connectivity index (χ3v) is 5.63. The molecule has 1 amide bonds. The minimum Gasteiger partial charge on any atom is -0.368 e.